The second kappa shape index (κ2) is 8.07. The van der Waals surface area contributed by atoms with E-state index in [0.717, 1.165) is 41.8 Å². The molecule has 0 radical (unpaired) electrons. The molecule has 16 heavy (non-hydrogen) atoms. The molecule has 0 heterocycles. The fraction of sp³-hybridized carbons (Fsp3) is 0.500. The van der Waals surface area contributed by atoms with Crippen molar-refractivity contribution in [2.75, 3.05) is 13.2 Å². The minimum Gasteiger partial charge on any atom is -0.396 e. The first-order valence-corrected chi connectivity index (χ1v) is 6.66. The van der Waals surface area contributed by atoms with Crippen LogP contribution in [0.2, 0.25) is 5.02 Å². The molecule has 0 aromatic heterocycles. The van der Waals surface area contributed by atoms with E-state index >= 15 is 0 Å². The van der Waals surface area contributed by atoms with Crippen molar-refractivity contribution in [1.82, 2.24) is 5.32 Å². The SMILES string of the molecule is OCCCCCNCc1cc(Cl)ccc1Br. The van der Waals surface area contributed by atoms with Crippen LogP contribution in [-0.2, 0) is 6.54 Å². The summed E-state index contributed by atoms with van der Waals surface area (Å²) in [5.74, 6) is 0. The van der Waals surface area contributed by atoms with Crippen LogP contribution in [0.3, 0.4) is 0 Å². The van der Waals surface area contributed by atoms with Gasteiger partial charge in [-0.25, -0.2) is 0 Å². The minimum absolute atomic E-state index is 0.292. The van der Waals surface area contributed by atoms with Crippen LogP contribution in [0.1, 0.15) is 24.8 Å². The van der Waals surface area contributed by atoms with E-state index in [9.17, 15) is 0 Å². The standard InChI is InChI=1S/C12H17BrClNO/c13-12-5-4-11(14)8-10(12)9-15-6-2-1-3-7-16/h4-5,8,15-16H,1-3,6-7,9H2. The first kappa shape index (κ1) is 14.0. The molecular weight excluding hydrogens is 289 g/mol. The lowest BCUT2D eigenvalue weighted by Crippen LogP contribution is -2.15. The molecule has 0 aliphatic carbocycles. The monoisotopic (exact) mass is 305 g/mol. The van der Waals surface area contributed by atoms with Crippen molar-refractivity contribution in [3.63, 3.8) is 0 Å². The third-order valence-electron chi connectivity index (χ3n) is 2.33. The van der Waals surface area contributed by atoms with E-state index in [0.29, 0.717) is 6.61 Å². The highest BCUT2D eigenvalue weighted by Crippen LogP contribution is 2.20. The Morgan fingerprint density at radius 1 is 1.25 bits per heavy atom. The van der Waals surface area contributed by atoms with Crippen molar-refractivity contribution in [3.05, 3.63) is 33.3 Å². The summed E-state index contributed by atoms with van der Waals surface area (Å²) in [5.41, 5.74) is 1.18. The molecule has 0 aliphatic rings. The number of hydrogen-bond acceptors (Lipinski definition) is 2. The maximum atomic E-state index is 8.63. The molecule has 2 N–H and O–H groups in total. The van der Waals surface area contributed by atoms with Crippen LogP contribution in [0.15, 0.2) is 22.7 Å². The Kier molecular flexibility index (Phi) is 7.05. The van der Waals surface area contributed by atoms with Gasteiger partial charge in [0.1, 0.15) is 0 Å². The molecule has 4 heteroatoms. The Bertz CT molecular complexity index is 320. The molecule has 0 spiro atoms. The van der Waals surface area contributed by atoms with E-state index in [1.165, 1.54) is 5.56 Å². The van der Waals surface area contributed by atoms with Crippen molar-refractivity contribution in [1.29, 1.82) is 0 Å². The number of aliphatic hydroxyl groups excluding tert-OH is 1. The zero-order valence-corrected chi connectivity index (χ0v) is 11.5. The summed E-state index contributed by atoms with van der Waals surface area (Å²) in [6.07, 6.45) is 3.06. The molecule has 2 nitrogen and oxygen atoms in total. The lowest BCUT2D eigenvalue weighted by atomic mass is 10.2. The number of aliphatic hydroxyl groups is 1. The van der Waals surface area contributed by atoms with Crippen LogP contribution in [0.4, 0.5) is 0 Å². The molecule has 0 bridgehead atoms. The number of benzene rings is 1. The van der Waals surface area contributed by atoms with Crippen LogP contribution in [0.25, 0.3) is 0 Å². The van der Waals surface area contributed by atoms with Crippen molar-refractivity contribution in [3.8, 4) is 0 Å². The predicted molar refractivity (Wildman–Crippen MR) is 71.8 cm³/mol. The summed E-state index contributed by atoms with van der Waals surface area (Å²) in [5, 5.41) is 12.7. The van der Waals surface area contributed by atoms with Gasteiger partial charge in [-0.05, 0) is 49.6 Å². The summed E-state index contributed by atoms with van der Waals surface area (Å²) in [6.45, 7) is 2.08. The quantitative estimate of drug-likeness (QED) is 0.757. The van der Waals surface area contributed by atoms with Crippen LogP contribution in [0, 0.1) is 0 Å². The number of unbranched alkanes of at least 4 members (excludes halogenated alkanes) is 2. The highest BCUT2D eigenvalue weighted by molar-refractivity contribution is 9.10. The highest BCUT2D eigenvalue weighted by atomic mass is 79.9. The summed E-state index contributed by atoms with van der Waals surface area (Å²) in [7, 11) is 0. The fourth-order valence-corrected chi connectivity index (χ4v) is 2.02. The predicted octanol–water partition coefficient (Wildman–Crippen LogP) is 3.35. The average Bonchev–Trinajstić information content (AvgIpc) is 2.28. The Hall–Kier alpha value is -0.0900. The summed E-state index contributed by atoms with van der Waals surface area (Å²) in [4.78, 5) is 0. The molecule has 1 rings (SSSR count). The first-order valence-electron chi connectivity index (χ1n) is 5.49. The maximum Gasteiger partial charge on any atom is 0.0431 e. The highest BCUT2D eigenvalue weighted by Gasteiger charge is 2.00. The van der Waals surface area contributed by atoms with Gasteiger partial charge in [0.15, 0.2) is 0 Å². The Balaban J connectivity index is 2.23. The van der Waals surface area contributed by atoms with E-state index < -0.39 is 0 Å². The third-order valence-corrected chi connectivity index (χ3v) is 3.34. The lowest BCUT2D eigenvalue weighted by molar-refractivity contribution is 0.283. The smallest absolute Gasteiger partial charge is 0.0431 e. The molecule has 0 amide bonds. The number of hydrogen-bond donors (Lipinski definition) is 2. The number of nitrogens with one attached hydrogen (secondary N) is 1. The lowest BCUT2D eigenvalue weighted by Gasteiger charge is -2.07. The molecule has 0 saturated heterocycles. The normalized spacial score (nSPS) is 10.7. The van der Waals surface area contributed by atoms with Crippen LogP contribution in [0.5, 0.6) is 0 Å². The maximum absolute atomic E-state index is 8.63. The van der Waals surface area contributed by atoms with Crippen LogP contribution < -0.4 is 5.32 Å². The summed E-state index contributed by atoms with van der Waals surface area (Å²) < 4.78 is 1.08. The second-order valence-electron chi connectivity index (χ2n) is 3.70. The van der Waals surface area contributed by atoms with Gasteiger partial charge in [-0.3, -0.25) is 0 Å². The van der Waals surface area contributed by atoms with Crippen molar-refractivity contribution < 1.29 is 5.11 Å². The molecule has 1 aromatic carbocycles. The van der Waals surface area contributed by atoms with Crippen molar-refractivity contribution >= 4 is 27.5 Å². The van der Waals surface area contributed by atoms with E-state index in [4.69, 9.17) is 16.7 Å². The molecule has 0 fully saturated rings. The van der Waals surface area contributed by atoms with Gasteiger partial charge in [-0.2, -0.15) is 0 Å². The molecule has 0 aliphatic heterocycles. The van der Waals surface area contributed by atoms with Crippen LogP contribution in [-0.4, -0.2) is 18.3 Å². The zero-order chi connectivity index (χ0) is 11.8. The van der Waals surface area contributed by atoms with Gasteiger partial charge in [-0.1, -0.05) is 27.5 Å². The van der Waals surface area contributed by atoms with E-state index in [2.05, 4.69) is 21.2 Å². The number of rotatable bonds is 7. The molecule has 0 saturated carbocycles. The van der Waals surface area contributed by atoms with E-state index in [1.54, 1.807) is 0 Å². The zero-order valence-electron chi connectivity index (χ0n) is 9.18. The van der Waals surface area contributed by atoms with Gasteiger partial charge >= 0.3 is 0 Å². The van der Waals surface area contributed by atoms with Gasteiger partial charge in [0.25, 0.3) is 0 Å². The Labute approximate surface area is 110 Å². The van der Waals surface area contributed by atoms with Gasteiger partial charge in [0, 0.05) is 22.6 Å². The minimum atomic E-state index is 0.292. The molecule has 90 valence electrons. The Morgan fingerprint density at radius 2 is 2.06 bits per heavy atom. The average molecular weight is 307 g/mol. The summed E-state index contributed by atoms with van der Waals surface area (Å²) in [6, 6.07) is 5.80. The van der Waals surface area contributed by atoms with Gasteiger partial charge < -0.3 is 10.4 Å². The number of halogens is 2. The molecule has 0 atom stereocenters. The molecule has 0 unspecified atom stereocenters. The van der Waals surface area contributed by atoms with Crippen molar-refractivity contribution in [2.24, 2.45) is 0 Å². The summed E-state index contributed by atoms with van der Waals surface area (Å²) >= 11 is 9.41. The topological polar surface area (TPSA) is 32.3 Å². The van der Waals surface area contributed by atoms with Gasteiger partial charge in [-0.15, -0.1) is 0 Å². The van der Waals surface area contributed by atoms with Crippen LogP contribution >= 0.6 is 27.5 Å². The van der Waals surface area contributed by atoms with E-state index in [1.807, 2.05) is 18.2 Å². The van der Waals surface area contributed by atoms with Crippen molar-refractivity contribution in [2.45, 2.75) is 25.8 Å². The van der Waals surface area contributed by atoms with Gasteiger partial charge in [0.2, 0.25) is 0 Å². The first-order chi connectivity index (χ1) is 7.74. The van der Waals surface area contributed by atoms with E-state index in [-0.39, 0.29) is 0 Å². The second-order valence-corrected chi connectivity index (χ2v) is 4.99. The Morgan fingerprint density at radius 3 is 2.81 bits per heavy atom. The van der Waals surface area contributed by atoms with Gasteiger partial charge in [0.05, 0.1) is 0 Å². The molecule has 1 aromatic rings. The molecular formula is C12H17BrClNO. The third kappa shape index (κ3) is 5.30. The largest absolute Gasteiger partial charge is 0.396 e. The fourth-order valence-electron chi connectivity index (χ4n) is 1.44.